The summed E-state index contributed by atoms with van der Waals surface area (Å²) >= 11 is 0. The third kappa shape index (κ3) is 6.33. The number of pyridine rings is 1. The van der Waals surface area contributed by atoms with E-state index in [1.165, 1.54) is 11.8 Å². The molecule has 1 unspecified atom stereocenters. The Balaban J connectivity index is 1.29. The number of rotatable bonds is 9. The maximum absolute atomic E-state index is 12.7. The van der Waals surface area contributed by atoms with Crippen molar-refractivity contribution in [2.45, 2.75) is 13.0 Å². The van der Waals surface area contributed by atoms with Gasteiger partial charge in [0.1, 0.15) is 5.69 Å². The SMILES string of the molecule is CC(Nc1ccc(C(=O)NCCN2CCN(c3ccccc3)CC2)cc1[N+](=O)[O-])c1ccccn1. The van der Waals surface area contributed by atoms with Crippen molar-refractivity contribution >= 4 is 23.0 Å². The van der Waals surface area contributed by atoms with Crippen LogP contribution in [0.1, 0.15) is 29.0 Å². The van der Waals surface area contributed by atoms with Crippen LogP contribution in [0.5, 0.6) is 0 Å². The molecule has 1 fully saturated rings. The number of anilines is 2. The topological polar surface area (TPSA) is 104 Å². The van der Waals surface area contributed by atoms with Crippen molar-refractivity contribution < 1.29 is 9.72 Å². The predicted molar refractivity (Wildman–Crippen MR) is 137 cm³/mol. The molecule has 1 aliphatic heterocycles. The van der Waals surface area contributed by atoms with Gasteiger partial charge in [-0.15, -0.1) is 0 Å². The first-order chi connectivity index (χ1) is 17.0. The number of piperazine rings is 1. The number of para-hydroxylation sites is 1. The second kappa shape index (κ2) is 11.4. The molecule has 9 nitrogen and oxygen atoms in total. The van der Waals surface area contributed by atoms with Crippen LogP contribution in [0.2, 0.25) is 0 Å². The summed E-state index contributed by atoms with van der Waals surface area (Å²) in [5.74, 6) is -0.319. The van der Waals surface area contributed by atoms with Gasteiger partial charge in [-0.3, -0.25) is 24.8 Å². The zero-order valence-electron chi connectivity index (χ0n) is 19.8. The molecule has 2 N–H and O–H groups in total. The van der Waals surface area contributed by atoms with Crippen molar-refractivity contribution in [3.8, 4) is 0 Å². The Kier molecular flexibility index (Phi) is 7.89. The Morgan fingerprint density at radius 3 is 2.49 bits per heavy atom. The third-order valence-corrected chi connectivity index (χ3v) is 6.17. The van der Waals surface area contributed by atoms with Crippen LogP contribution in [0.25, 0.3) is 0 Å². The van der Waals surface area contributed by atoms with E-state index < -0.39 is 4.92 Å². The molecule has 182 valence electrons. The number of hydrogen-bond donors (Lipinski definition) is 2. The first-order valence-corrected chi connectivity index (χ1v) is 11.8. The number of nitrogens with zero attached hydrogens (tertiary/aromatic N) is 4. The summed E-state index contributed by atoms with van der Waals surface area (Å²) < 4.78 is 0. The van der Waals surface area contributed by atoms with Crippen molar-refractivity contribution in [3.05, 3.63) is 94.3 Å². The molecule has 3 aromatic rings. The van der Waals surface area contributed by atoms with Crippen LogP contribution >= 0.6 is 0 Å². The lowest BCUT2D eigenvalue weighted by Gasteiger charge is -2.36. The van der Waals surface area contributed by atoms with Gasteiger partial charge in [-0.1, -0.05) is 24.3 Å². The minimum absolute atomic E-state index is 0.141. The highest BCUT2D eigenvalue weighted by Crippen LogP contribution is 2.29. The van der Waals surface area contributed by atoms with E-state index in [0.717, 1.165) is 38.4 Å². The average Bonchev–Trinajstić information content (AvgIpc) is 2.90. The Morgan fingerprint density at radius 1 is 1.06 bits per heavy atom. The number of aromatic nitrogens is 1. The quantitative estimate of drug-likeness (QED) is 0.360. The first-order valence-electron chi connectivity index (χ1n) is 11.8. The molecule has 2 heterocycles. The zero-order chi connectivity index (χ0) is 24.6. The highest BCUT2D eigenvalue weighted by molar-refractivity contribution is 5.95. The Morgan fingerprint density at radius 2 is 1.80 bits per heavy atom. The molecule has 9 heteroatoms. The van der Waals surface area contributed by atoms with Gasteiger partial charge >= 0.3 is 0 Å². The van der Waals surface area contributed by atoms with Gasteiger partial charge in [0.05, 0.1) is 16.7 Å². The fourth-order valence-electron chi connectivity index (χ4n) is 4.18. The number of nitrogens with one attached hydrogen (secondary N) is 2. The maximum atomic E-state index is 12.7. The standard InChI is InChI=1S/C26H30N6O3/c1-20(23-9-5-6-12-27-23)29-24-11-10-21(19-25(24)32(34)35)26(33)28-13-14-30-15-17-31(18-16-30)22-7-3-2-4-8-22/h2-12,19-20,29H,13-18H2,1H3,(H,28,33). The molecule has 0 aliphatic carbocycles. The summed E-state index contributed by atoms with van der Waals surface area (Å²) in [7, 11) is 0. The highest BCUT2D eigenvalue weighted by Gasteiger charge is 2.20. The summed E-state index contributed by atoms with van der Waals surface area (Å²) in [6, 6.07) is 20.2. The number of nitro benzene ring substituents is 1. The van der Waals surface area contributed by atoms with Gasteiger partial charge in [0.15, 0.2) is 0 Å². The minimum atomic E-state index is -0.476. The van der Waals surface area contributed by atoms with Crippen LogP contribution in [0, 0.1) is 10.1 Å². The zero-order valence-corrected chi connectivity index (χ0v) is 19.8. The van der Waals surface area contributed by atoms with Crippen LogP contribution in [-0.2, 0) is 0 Å². The molecule has 1 amide bonds. The van der Waals surface area contributed by atoms with Crippen molar-refractivity contribution in [2.24, 2.45) is 0 Å². The Bertz CT molecular complexity index is 1130. The number of hydrogen-bond acceptors (Lipinski definition) is 7. The molecule has 0 bridgehead atoms. The fraction of sp³-hybridized carbons (Fsp3) is 0.308. The molecular weight excluding hydrogens is 444 g/mol. The van der Waals surface area contributed by atoms with E-state index in [-0.39, 0.29) is 23.2 Å². The number of amides is 1. The van der Waals surface area contributed by atoms with Gasteiger partial charge in [0.2, 0.25) is 0 Å². The Hall–Kier alpha value is -3.98. The summed E-state index contributed by atoms with van der Waals surface area (Å²) in [5, 5.41) is 17.7. The molecule has 35 heavy (non-hydrogen) atoms. The van der Waals surface area contributed by atoms with Crippen molar-refractivity contribution in [1.82, 2.24) is 15.2 Å². The van der Waals surface area contributed by atoms with E-state index in [9.17, 15) is 14.9 Å². The molecule has 1 saturated heterocycles. The second-order valence-corrected chi connectivity index (χ2v) is 8.53. The van der Waals surface area contributed by atoms with Gasteiger partial charge in [-0.25, -0.2) is 0 Å². The highest BCUT2D eigenvalue weighted by atomic mass is 16.6. The van der Waals surface area contributed by atoms with E-state index in [0.29, 0.717) is 12.2 Å². The van der Waals surface area contributed by atoms with Crippen molar-refractivity contribution in [1.29, 1.82) is 0 Å². The predicted octanol–water partition coefficient (Wildman–Crippen LogP) is 3.71. The summed E-state index contributed by atoms with van der Waals surface area (Å²) in [6.45, 7) is 6.82. The lowest BCUT2D eigenvalue weighted by molar-refractivity contribution is -0.384. The molecule has 0 radical (unpaired) electrons. The summed E-state index contributed by atoms with van der Waals surface area (Å²) in [4.78, 5) is 32.8. The minimum Gasteiger partial charge on any atom is -0.371 e. The molecule has 4 rings (SSSR count). The molecule has 0 spiro atoms. The first kappa shape index (κ1) is 24.2. The summed E-state index contributed by atoms with van der Waals surface area (Å²) in [6.07, 6.45) is 1.68. The largest absolute Gasteiger partial charge is 0.371 e. The van der Waals surface area contributed by atoms with Crippen LogP contribution in [0.15, 0.2) is 72.9 Å². The molecule has 2 aromatic carbocycles. The Labute approximate surface area is 204 Å². The molecular formula is C26H30N6O3. The summed E-state index contributed by atoms with van der Waals surface area (Å²) in [5.41, 5.74) is 2.47. The fourth-order valence-corrected chi connectivity index (χ4v) is 4.18. The lowest BCUT2D eigenvalue weighted by atomic mass is 10.1. The molecule has 1 aliphatic rings. The average molecular weight is 475 g/mol. The van der Waals surface area contributed by atoms with Crippen LogP contribution in [0.3, 0.4) is 0 Å². The second-order valence-electron chi connectivity index (χ2n) is 8.53. The van der Waals surface area contributed by atoms with Crippen LogP contribution in [-0.4, -0.2) is 60.0 Å². The lowest BCUT2D eigenvalue weighted by Crippen LogP contribution is -2.48. The van der Waals surface area contributed by atoms with Crippen molar-refractivity contribution in [2.75, 3.05) is 49.5 Å². The van der Waals surface area contributed by atoms with E-state index >= 15 is 0 Å². The number of carbonyl (C=O) groups is 1. The van der Waals surface area contributed by atoms with E-state index in [2.05, 4.69) is 37.6 Å². The normalized spacial score (nSPS) is 14.8. The molecule has 1 aromatic heterocycles. The van der Waals surface area contributed by atoms with E-state index in [4.69, 9.17) is 0 Å². The van der Waals surface area contributed by atoms with E-state index in [1.807, 2.05) is 43.3 Å². The smallest absolute Gasteiger partial charge is 0.293 e. The van der Waals surface area contributed by atoms with Crippen molar-refractivity contribution in [3.63, 3.8) is 0 Å². The number of carbonyl (C=O) groups excluding carboxylic acids is 1. The van der Waals surface area contributed by atoms with Crippen LogP contribution < -0.4 is 15.5 Å². The van der Waals surface area contributed by atoms with Crippen LogP contribution in [0.4, 0.5) is 17.1 Å². The third-order valence-electron chi connectivity index (χ3n) is 6.17. The number of benzene rings is 2. The van der Waals surface area contributed by atoms with Gasteiger partial charge in [0.25, 0.3) is 11.6 Å². The van der Waals surface area contributed by atoms with Gasteiger partial charge < -0.3 is 15.5 Å². The van der Waals surface area contributed by atoms with Gasteiger partial charge in [-0.2, -0.15) is 0 Å². The van der Waals surface area contributed by atoms with Gasteiger partial charge in [0, 0.05) is 62.8 Å². The van der Waals surface area contributed by atoms with Gasteiger partial charge in [-0.05, 0) is 43.3 Å². The molecule has 1 atom stereocenters. The monoisotopic (exact) mass is 474 g/mol. The maximum Gasteiger partial charge on any atom is 0.293 e. The number of nitro groups is 1. The van der Waals surface area contributed by atoms with E-state index in [1.54, 1.807) is 18.3 Å². The molecule has 0 saturated carbocycles.